The van der Waals surface area contributed by atoms with Crippen LogP contribution in [0.2, 0.25) is 0 Å². The molecule has 0 radical (unpaired) electrons. The number of anilines is 1. The standard InChI is InChI=1S/C21H17N5S/c1-16-9-5-7-13-19(16)26(22-15-17-10-3-2-4-11-17)25-24-21-23-18-12-6-8-14-20(18)27-21/h2-15H,1H3. The Kier molecular flexibility index (Phi) is 4.98. The van der Waals surface area contributed by atoms with E-state index in [0.29, 0.717) is 5.13 Å². The van der Waals surface area contributed by atoms with Crippen LogP contribution in [0.15, 0.2) is 94.3 Å². The van der Waals surface area contributed by atoms with E-state index in [1.807, 2.05) is 85.8 Å². The van der Waals surface area contributed by atoms with Crippen LogP contribution in [0, 0.1) is 6.92 Å². The van der Waals surface area contributed by atoms with E-state index < -0.39 is 0 Å². The number of aromatic nitrogens is 1. The molecule has 0 unspecified atom stereocenters. The molecule has 27 heavy (non-hydrogen) atoms. The molecule has 0 aliphatic carbocycles. The second kappa shape index (κ2) is 7.88. The van der Waals surface area contributed by atoms with Crippen LogP contribution in [0.1, 0.15) is 11.1 Å². The number of hydrogen-bond acceptors (Lipinski definition) is 5. The van der Waals surface area contributed by atoms with E-state index in [4.69, 9.17) is 0 Å². The van der Waals surface area contributed by atoms with Crippen molar-refractivity contribution in [1.82, 2.24) is 4.98 Å². The zero-order chi connectivity index (χ0) is 18.5. The predicted molar refractivity (Wildman–Crippen MR) is 112 cm³/mol. The van der Waals surface area contributed by atoms with E-state index in [0.717, 1.165) is 27.0 Å². The minimum absolute atomic E-state index is 0.602. The van der Waals surface area contributed by atoms with Crippen LogP contribution in [-0.2, 0) is 0 Å². The van der Waals surface area contributed by atoms with Gasteiger partial charge in [0.1, 0.15) is 0 Å². The molecule has 0 amide bonds. The average molecular weight is 371 g/mol. The highest BCUT2D eigenvalue weighted by molar-refractivity contribution is 7.21. The Morgan fingerprint density at radius 2 is 1.63 bits per heavy atom. The van der Waals surface area contributed by atoms with Gasteiger partial charge in [0, 0.05) is 0 Å². The highest BCUT2D eigenvalue weighted by atomic mass is 32.1. The van der Waals surface area contributed by atoms with Gasteiger partial charge < -0.3 is 0 Å². The second-order valence-electron chi connectivity index (χ2n) is 5.88. The first-order valence-electron chi connectivity index (χ1n) is 8.51. The lowest BCUT2D eigenvalue weighted by atomic mass is 10.2. The van der Waals surface area contributed by atoms with Crippen LogP contribution in [0.4, 0.5) is 10.8 Å². The van der Waals surface area contributed by atoms with Crippen molar-refractivity contribution in [3.8, 4) is 0 Å². The number of hydrogen-bond donors (Lipinski definition) is 0. The Hall–Kier alpha value is -3.38. The topological polar surface area (TPSA) is 53.2 Å². The molecule has 0 bridgehead atoms. The minimum atomic E-state index is 0.602. The van der Waals surface area contributed by atoms with Gasteiger partial charge in [-0.3, -0.25) is 0 Å². The third-order valence-corrected chi connectivity index (χ3v) is 4.86. The number of fused-ring (bicyclic) bond motifs is 1. The lowest BCUT2D eigenvalue weighted by Gasteiger charge is -2.13. The first-order valence-corrected chi connectivity index (χ1v) is 9.33. The third-order valence-electron chi connectivity index (χ3n) is 3.94. The zero-order valence-corrected chi connectivity index (χ0v) is 15.5. The average Bonchev–Trinajstić information content (AvgIpc) is 3.13. The summed E-state index contributed by atoms with van der Waals surface area (Å²) in [5.41, 5.74) is 3.85. The second-order valence-corrected chi connectivity index (χ2v) is 6.89. The van der Waals surface area contributed by atoms with Crippen molar-refractivity contribution >= 4 is 38.6 Å². The maximum absolute atomic E-state index is 4.52. The van der Waals surface area contributed by atoms with Crippen molar-refractivity contribution in [2.45, 2.75) is 6.92 Å². The molecule has 1 heterocycles. The zero-order valence-electron chi connectivity index (χ0n) is 14.7. The van der Waals surface area contributed by atoms with Gasteiger partial charge in [-0.15, -0.1) is 5.12 Å². The van der Waals surface area contributed by atoms with Gasteiger partial charge in [0.05, 0.1) is 22.1 Å². The van der Waals surface area contributed by atoms with E-state index in [-0.39, 0.29) is 0 Å². The lowest BCUT2D eigenvalue weighted by molar-refractivity contribution is 0.855. The molecule has 0 aliphatic rings. The number of aryl methyl sites for hydroxylation is 1. The van der Waals surface area contributed by atoms with Crippen LogP contribution in [-0.4, -0.2) is 11.2 Å². The molecule has 0 saturated carbocycles. The smallest absolute Gasteiger partial charge is 0.217 e. The van der Waals surface area contributed by atoms with E-state index in [1.165, 1.54) is 16.5 Å². The van der Waals surface area contributed by atoms with Crippen molar-refractivity contribution in [3.63, 3.8) is 0 Å². The number of thiazole rings is 1. The van der Waals surface area contributed by atoms with E-state index >= 15 is 0 Å². The van der Waals surface area contributed by atoms with Crippen molar-refractivity contribution in [1.29, 1.82) is 0 Å². The molecule has 6 heteroatoms. The molecule has 0 atom stereocenters. The quantitative estimate of drug-likeness (QED) is 0.240. The minimum Gasteiger partial charge on any atom is -0.217 e. The summed E-state index contributed by atoms with van der Waals surface area (Å²) in [4.78, 5) is 4.50. The van der Waals surface area contributed by atoms with Crippen LogP contribution in [0.3, 0.4) is 0 Å². The summed E-state index contributed by atoms with van der Waals surface area (Å²) >= 11 is 1.50. The number of hydrazone groups is 1. The fourth-order valence-electron chi connectivity index (χ4n) is 2.57. The van der Waals surface area contributed by atoms with Crippen LogP contribution in [0.25, 0.3) is 10.2 Å². The highest BCUT2D eigenvalue weighted by Gasteiger charge is 2.08. The molecular weight excluding hydrogens is 354 g/mol. The molecular formula is C21H17N5S. The lowest BCUT2D eigenvalue weighted by Crippen LogP contribution is -2.09. The van der Waals surface area contributed by atoms with Crippen LogP contribution in [0.5, 0.6) is 0 Å². The molecule has 5 nitrogen and oxygen atoms in total. The summed E-state index contributed by atoms with van der Waals surface area (Å²) in [5.74, 6) is 0. The first-order chi connectivity index (χ1) is 13.3. The fraction of sp³-hybridized carbons (Fsp3) is 0.0476. The number of rotatable bonds is 5. The van der Waals surface area contributed by atoms with Gasteiger partial charge in [0.25, 0.3) is 0 Å². The Morgan fingerprint density at radius 3 is 2.44 bits per heavy atom. The van der Waals surface area contributed by atoms with Crippen molar-refractivity contribution < 1.29 is 0 Å². The van der Waals surface area contributed by atoms with Crippen molar-refractivity contribution in [2.75, 3.05) is 5.12 Å². The molecule has 3 aromatic carbocycles. The predicted octanol–water partition coefficient (Wildman–Crippen LogP) is 6.14. The Labute approximate surface area is 161 Å². The molecule has 4 aromatic rings. The van der Waals surface area contributed by atoms with Gasteiger partial charge in [0.15, 0.2) is 0 Å². The van der Waals surface area contributed by atoms with E-state index in [1.54, 1.807) is 6.21 Å². The molecule has 0 saturated heterocycles. The van der Waals surface area contributed by atoms with Gasteiger partial charge in [-0.25, -0.2) is 4.98 Å². The third kappa shape index (κ3) is 4.07. The van der Waals surface area contributed by atoms with Crippen LogP contribution >= 0.6 is 11.3 Å². The van der Waals surface area contributed by atoms with Crippen molar-refractivity contribution in [2.24, 2.45) is 15.4 Å². The molecule has 4 rings (SSSR count). The Morgan fingerprint density at radius 1 is 0.889 bits per heavy atom. The maximum atomic E-state index is 4.52. The van der Waals surface area contributed by atoms with Gasteiger partial charge in [-0.2, -0.15) is 5.10 Å². The fourth-order valence-corrected chi connectivity index (χ4v) is 3.35. The monoisotopic (exact) mass is 371 g/mol. The number of nitrogens with zero attached hydrogens (tertiary/aromatic N) is 5. The summed E-state index contributed by atoms with van der Waals surface area (Å²) < 4.78 is 1.08. The summed E-state index contributed by atoms with van der Waals surface area (Å²) in [6.45, 7) is 2.02. The molecule has 132 valence electrons. The largest absolute Gasteiger partial charge is 0.232 e. The molecule has 0 N–H and O–H groups in total. The Balaban J connectivity index is 1.66. The summed E-state index contributed by atoms with van der Waals surface area (Å²) in [5, 5.41) is 15.3. The maximum Gasteiger partial charge on any atom is 0.232 e. The van der Waals surface area contributed by atoms with Crippen molar-refractivity contribution in [3.05, 3.63) is 90.0 Å². The number of benzene rings is 3. The van der Waals surface area contributed by atoms with E-state index in [2.05, 4.69) is 20.4 Å². The molecule has 1 aromatic heterocycles. The van der Waals surface area contributed by atoms with E-state index in [9.17, 15) is 0 Å². The Bertz CT molecular complexity index is 1070. The molecule has 0 aliphatic heterocycles. The summed E-state index contributed by atoms with van der Waals surface area (Å²) in [7, 11) is 0. The van der Waals surface area contributed by atoms with Crippen LogP contribution < -0.4 is 5.12 Å². The number of para-hydroxylation sites is 2. The van der Waals surface area contributed by atoms with Gasteiger partial charge in [-0.05, 0) is 41.5 Å². The highest BCUT2D eigenvalue weighted by Crippen LogP contribution is 2.29. The summed E-state index contributed by atoms with van der Waals surface area (Å²) in [6.07, 6.45) is 1.77. The normalized spacial score (nSPS) is 11.6. The van der Waals surface area contributed by atoms with Gasteiger partial charge in [0.2, 0.25) is 5.13 Å². The molecule has 0 fully saturated rings. The summed E-state index contributed by atoms with van der Waals surface area (Å²) in [6, 6.07) is 25.8. The van der Waals surface area contributed by atoms with Gasteiger partial charge >= 0.3 is 0 Å². The first kappa shape index (κ1) is 17.1. The molecule has 0 spiro atoms. The SMILES string of the molecule is Cc1ccccc1N(N=Cc1ccccc1)N=Nc1nc2ccccc2s1. The van der Waals surface area contributed by atoms with Gasteiger partial charge in [-0.1, -0.05) is 77.1 Å².